The van der Waals surface area contributed by atoms with E-state index in [0.29, 0.717) is 17.7 Å². The molecule has 1 rings (SSSR count). The van der Waals surface area contributed by atoms with Crippen molar-refractivity contribution in [3.05, 3.63) is 24.3 Å². The van der Waals surface area contributed by atoms with Crippen molar-refractivity contribution in [1.29, 1.82) is 0 Å². The molecule has 1 aromatic heterocycles. The van der Waals surface area contributed by atoms with Gasteiger partial charge in [-0.15, -0.1) is 0 Å². The Hall–Kier alpha value is -1.58. The number of rotatable bonds is 4. The Morgan fingerprint density at radius 3 is 2.86 bits per heavy atom. The normalized spacial score (nSPS) is 11.7. The van der Waals surface area contributed by atoms with Crippen molar-refractivity contribution in [2.24, 2.45) is 0 Å². The van der Waals surface area contributed by atoms with E-state index in [1.54, 1.807) is 18.6 Å². The number of carboxylic acids is 1. The molecule has 4 heteroatoms. The maximum Gasteiger partial charge on any atom is 0.337 e. The maximum atomic E-state index is 10.9. The van der Waals surface area contributed by atoms with Gasteiger partial charge in [0.25, 0.3) is 0 Å². The van der Waals surface area contributed by atoms with Gasteiger partial charge in [-0.3, -0.25) is 0 Å². The molecule has 0 amide bonds. The molecule has 0 saturated heterocycles. The number of hydrogen-bond donors (Lipinski definition) is 1. The first-order valence-electron chi connectivity index (χ1n) is 4.64. The smallest absolute Gasteiger partial charge is 0.337 e. The van der Waals surface area contributed by atoms with Crippen LogP contribution >= 0.6 is 0 Å². The van der Waals surface area contributed by atoms with Gasteiger partial charge in [-0.2, -0.15) is 0 Å². The number of imidazole rings is 1. The average Bonchev–Trinajstić information content (AvgIpc) is 2.61. The highest BCUT2D eigenvalue weighted by Crippen LogP contribution is 2.14. The second-order valence-electron chi connectivity index (χ2n) is 2.90. The minimum Gasteiger partial charge on any atom is -0.478 e. The van der Waals surface area contributed by atoms with Crippen molar-refractivity contribution in [1.82, 2.24) is 9.55 Å². The molecule has 1 N–H and O–H groups in total. The summed E-state index contributed by atoms with van der Waals surface area (Å²) in [5.41, 5.74) is 0.994. The molecule has 0 spiro atoms. The predicted octanol–water partition coefficient (Wildman–Crippen LogP) is 1.78. The van der Waals surface area contributed by atoms with Gasteiger partial charge in [0.15, 0.2) is 0 Å². The molecule has 0 atom stereocenters. The van der Waals surface area contributed by atoms with E-state index in [0.717, 1.165) is 6.54 Å². The van der Waals surface area contributed by atoms with Crippen LogP contribution in [0, 0.1) is 0 Å². The van der Waals surface area contributed by atoms with Gasteiger partial charge in [-0.1, -0.05) is 13.0 Å². The fourth-order valence-electron chi connectivity index (χ4n) is 1.30. The van der Waals surface area contributed by atoms with Crippen molar-refractivity contribution in [2.45, 2.75) is 26.8 Å². The van der Waals surface area contributed by atoms with E-state index in [1.165, 1.54) is 0 Å². The molecule has 0 aliphatic heterocycles. The van der Waals surface area contributed by atoms with E-state index in [9.17, 15) is 4.79 Å². The SMILES string of the molecule is CC/C=C(/C(=O)O)c1cncn1CC. The first-order valence-corrected chi connectivity index (χ1v) is 4.64. The molecular weight excluding hydrogens is 180 g/mol. The quantitative estimate of drug-likeness (QED) is 0.743. The van der Waals surface area contributed by atoms with Crippen LogP contribution in [0.5, 0.6) is 0 Å². The number of aromatic nitrogens is 2. The van der Waals surface area contributed by atoms with E-state index in [1.807, 2.05) is 18.4 Å². The lowest BCUT2D eigenvalue weighted by Gasteiger charge is -2.05. The first kappa shape index (κ1) is 10.5. The molecule has 0 radical (unpaired) electrons. The second kappa shape index (κ2) is 4.60. The number of carbonyl (C=O) groups is 1. The first-order chi connectivity index (χ1) is 6.70. The summed E-state index contributed by atoms with van der Waals surface area (Å²) >= 11 is 0. The molecule has 0 saturated carbocycles. The Kier molecular flexibility index (Phi) is 3.45. The Balaban J connectivity index is 3.11. The summed E-state index contributed by atoms with van der Waals surface area (Å²) in [5, 5.41) is 8.99. The lowest BCUT2D eigenvalue weighted by atomic mass is 10.1. The highest BCUT2D eigenvalue weighted by Gasteiger charge is 2.13. The molecule has 1 heterocycles. The summed E-state index contributed by atoms with van der Waals surface area (Å²) in [7, 11) is 0. The molecule has 0 aromatic carbocycles. The van der Waals surface area contributed by atoms with Crippen molar-refractivity contribution < 1.29 is 9.90 Å². The molecule has 76 valence electrons. The Bertz CT molecular complexity index is 353. The number of carboxylic acid groups (broad SMARTS) is 1. The van der Waals surface area contributed by atoms with Gasteiger partial charge in [0.05, 0.1) is 23.8 Å². The van der Waals surface area contributed by atoms with Gasteiger partial charge in [0, 0.05) is 6.54 Å². The van der Waals surface area contributed by atoms with E-state index in [2.05, 4.69) is 4.98 Å². The minimum absolute atomic E-state index is 0.326. The molecule has 14 heavy (non-hydrogen) atoms. The third kappa shape index (κ3) is 2.02. The molecule has 0 aliphatic rings. The predicted molar refractivity (Wildman–Crippen MR) is 53.8 cm³/mol. The number of aryl methyl sites for hydroxylation is 1. The van der Waals surface area contributed by atoms with Crippen LogP contribution < -0.4 is 0 Å². The standard InChI is InChI=1S/C10H14N2O2/c1-3-5-8(10(13)14)9-6-11-7-12(9)4-2/h5-7H,3-4H2,1-2H3,(H,13,14)/b8-5+. The third-order valence-electron chi connectivity index (χ3n) is 1.97. The number of hydrogen-bond acceptors (Lipinski definition) is 2. The van der Waals surface area contributed by atoms with Crippen LogP contribution in [-0.2, 0) is 11.3 Å². The second-order valence-corrected chi connectivity index (χ2v) is 2.90. The molecule has 0 aliphatic carbocycles. The van der Waals surface area contributed by atoms with Crippen LogP contribution in [0.3, 0.4) is 0 Å². The fraction of sp³-hybridized carbons (Fsp3) is 0.400. The maximum absolute atomic E-state index is 10.9. The van der Waals surface area contributed by atoms with Crippen LogP contribution in [0.4, 0.5) is 0 Å². The average molecular weight is 194 g/mol. The zero-order valence-electron chi connectivity index (χ0n) is 8.40. The third-order valence-corrected chi connectivity index (χ3v) is 1.97. The lowest BCUT2D eigenvalue weighted by Crippen LogP contribution is -2.05. The van der Waals surface area contributed by atoms with Crippen LogP contribution in [0.1, 0.15) is 26.0 Å². The molecule has 1 aromatic rings. The van der Waals surface area contributed by atoms with Crippen LogP contribution in [0.25, 0.3) is 5.57 Å². The van der Waals surface area contributed by atoms with E-state index in [4.69, 9.17) is 5.11 Å². The van der Waals surface area contributed by atoms with Crippen molar-refractivity contribution in [3.8, 4) is 0 Å². The zero-order valence-corrected chi connectivity index (χ0v) is 8.40. The Labute approximate surface area is 82.9 Å². The van der Waals surface area contributed by atoms with Gasteiger partial charge in [0.1, 0.15) is 0 Å². The summed E-state index contributed by atoms with van der Waals surface area (Å²) in [6.45, 7) is 4.59. The van der Waals surface area contributed by atoms with E-state index >= 15 is 0 Å². The van der Waals surface area contributed by atoms with Gasteiger partial charge in [-0.25, -0.2) is 9.78 Å². The number of allylic oxidation sites excluding steroid dienone is 1. The topological polar surface area (TPSA) is 55.1 Å². The van der Waals surface area contributed by atoms with Crippen molar-refractivity contribution >= 4 is 11.5 Å². The lowest BCUT2D eigenvalue weighted by molar-refractivity contribution is -0.130. The summed E-state index contributed by atoms with van der Waals surface area (Å²) in [6, 6.07) is 0. The number of aliphatic carboxylic acids is 1. The van der Waals surface area contributed by atoms with Gasteiger partial charge < -0.3 is 9.67 Å². The fourth-order valence-corrected chi connectivity index (χ4v) is 1.30. The van der Waals surface area contributed by atoms with E-state index < -0.39 is 5.97 Å². The van der Waals surface area contributed by atoms with Crippen LogP contribution in [0.15, 0.2) is 18.6 Å². The molecule has 0 bridgehead atoms. The largest absolute Gasteiger partial charge is 0.478 e. The van der Waals surface area contributed by atoms with Gasteiger partial charge in [-0.05, 0) is 13.3 Å². The molecule has 4 nitrogen and oxygen atoms in total. The molecular formula is C10H14N2O2. The van der Waals surface area contributed by atoms with E-state index in [-0.39, 0.29) is 0 Å². The zero-order chi connectivity index (χ0) is 10.6. The van der Waals surface area contributed by atoms with Gasteiger partial charge >= 0.3 is 5.97 Å². The van der Waals surface area contributed by atoms with Crippen molar-refractivity contribution in [2.75, 3.05) is 0 Å². The summed E-state index contributed by atoms with van der Waals surface area (Å²) in [5.74, 6) is -0.901. The summed E-state index contributed by atoms with van der Waals surface area (Å²) < 4.78 is 1.82. The van der Waals surface area contributed by atoms with Crippen molar-refractivity contribution in [3.63, 3.8) is 0 Å². The number of nitrogens with zero attached hydrogens (tertiary/aromatic N) is 2. The minimum atomic E-state index is -0.901. The highest BCUT2D eigenvalue weighted by atomic mass is 16.4. The summed E-state index contributed by atoms with van der Waals surface area (Å²) in [4.78, 5) is 14.9. The Morgan fingerprint density at radius 1 is 1.64 bits per heavy atom. The molecule has 0 fully saturated rings. The van der Waals surface area contributed by atoms with Crippen LogP contribution in [0.2, 0.25) is 0 Å². The highest BCUT2D eigenvalue weighted by molar-refractivity contribution is 6.14. The Morgan fingerprint density at radius 2 is 2.36 bits per heavy atom. The monoisotopic (exact) mass is 194 g/mol. The summed E-state index contributed by atoms with van der Waals surface area (Å²) in [6.07, 6.45) is 5.63. The van der Waals surface area contributed by atoms with Gasteiger partial charge in [0.2, 0.25) is 0 Å². The molecule has 0 unspecified atom stereocenters. The van der Waals surface area contributed by atoms with Crippen LogP contribution in [-0.4, -0.2) is 20.6 Å².